The second kappa shape index (κ2) is 10.5. The van der Waals surface area contributed by atoms with Gasteiger partial charge in [-0.15, -0.1) is 0 Å². The Kier molecular flexibility index (Phi) is 7.56. The van der Waals surface area contributed by atoms with Gasteiger partial charge in [0.2, 0.25) is 0 Å². The summed E-state index contributed by atoms with van der Waals surface area (Å²) < 4.78 is 11.7. The Bertz CT molecular complexity index is 1090. The Balaban J connectivity index is 1.61. The first-order valence-electron chi connectivity index (χ1n) is 9.50. The molecule has 0 saturated heterocycles. The number of hydrazone groups is 1. The summed E-state index contributed by atoms with van der Waals surface area (Å²) in [6.45, 7) is 3.74. The molecule has 0 atom stereocenters. The highest BCUT2D eigenvalue weighted by molar-refractivity contribution is 9.10. The van der Waals surface area contributed by atoms with Crippen LogP contribution >= 0.6 is 15.9 Å². The number of carbonyl (C=O) groups excluding carboxylic acids is 2. The van der Waals surface area contributed by atoms with Crippen molar-refractivity contribution in [2.75, 3.05) is 6.61 Å². The first kappa shape index (κ1) is 22.2. The summed E-state index contributed by atoms with van der Waals surface area (Å²) in [6, 6.07) is 19.6. The molecule has 0 heterocycles. The van der Waals surface area contributed by atoms with Gasteiger partial charge < -0.3 is 9.47 Å². The van der Waals surface area contributed by atoms with Gasteiger partial charge in [0.05, 0.1) is 11.8 Å². The zero-order valence-electron chi connectivity index (χ0n) is 17.1. The topological polar surface area (TPSA) is 77.0 Å². The van der Waals surface area contributed by atoms with Gasteiger partial charge in [-0.2, -0.15) is 5.10 Å². The van der Waals surface area contributed by atoms with Gasteiger partial charge in [0.15, 0.2) is 6.61 Å². The van der Waals surface area contributed by atoms with E-state index in [1.54, 1.807) is 42.5 Å². The molecule has 0 saturated carbocycles. The third-order valence-corrected chi connectivity index (χ3v) is 4.74. The van der Waals surface area contributed by atoms with Crippen molar-refractivity contribution >= 4 is 34.0 Å². The summed E-state index contributed by atoms with van der Waals surface area (Å²) in [5.74, 6) is 0.0298. The Hall–Kier alpha value is -3.45. The van der Waals surface area contributed by atoms with E-state index in [0.717, 1.165) is 15.6 Å². The third kappa shape index (κ3) is 6.79. The number of rotatable bonds is 7. The molecule has 6 nitrogen and oxygen atoms in total. The van der Waals surface area contributed by atoms with Gasteiger partial charge in [-0.25, -0.2) is 10.2 Å². The summed E-state index contributed by atoms with van der Waals surface area (Å²) in [6.07, 6.45) is 1.41. The highest BCUT2D eigenvalue weighted by Crippen LogP contribution is 2.23. The van der Waals surface area contributed by atoms with Crippen LogP contribution < -0.4 is 14.9 Å². The van der Waals surface area contributed by atoms with Gasteiger partial charge in [-0.1, -0.05) is 51.3 Å². The summed E-state index contributed by atoms with van der Waals surface area (Å²) >= 11 is 3.38. The lowest BCUT2D eigenvalue weighted by Gasteiger charge is -2.08. The van der Waals surface area contributed by atoms with Crippen molar-refractivity contribution in [3.8, 4) is 11.5 Å². The minimum atomic E-state index is -0.479. The predicted octanol–water partition coefficient (Wildman–Crippen LogP) is 4.81. The molecule has 0 unspecified atom stereocenters. The van der Waals surface area contributed by atoms with Crippen LogP contribution in [0.15, 0.2) is 76.3 Å². The number of halogens is 1. The van der Waals surface area contributed by atoms with Crippen LogP contribution in [0.4, 0.5) is 0 Å². The van der Waals surface area contributed by atoms with E-state index in [4.69, 9.17) is 9.47 Å². The number of hydrogen-bond acceptors (Lipinski definition) is 5. The fourth-order valence-electron chi connectivity index (χ4n) is 2.55. The molecule has 0 fully saturated rings. The lowest BCUT2D eigenvalue weighted by atomic mass is 10.1. The molecule has 1 amide bonds. The van der Waals surface area contributed by atoms with Crippen LogP contribution in [0.1, 0.15) is 27.0 Å². The summed E-state index contributed by atoms with van der Waals surface area (Å²) in [5.41, 5.74) is 5.52. The van der Waals surface area contributed by atoms with E-state index in [-0.39, 0.29) is 6.61 Å². The normalized spacial score (nSPS) is 10.7. The van der Waals surface area contributed by atoms with Crippen LogP contribution in [-0.4, -0.2) is 24.7 Å². The second-order valence-corrected chi connectivity index (χ2v) is 7.75. The van der Waals surface area contributed by atoms with Crippen LogP contribution in [0.5, 0.6) is 11.5 Å². The maximum atomic E-state index is 12.4. The molecule has 0 spiro atoms. The number of ether oxygens (including phenoxy) is 2. The number of hydrogen-bond donors (Lipinski definition) is 1. The van der Waals surface area contributed by atoms with E-state index in [1.807, 2.05) is 38.1 Å². The maximum Gasteiger partial charge on any atom is 0.343 e. The van der Waals surface area contributed by atoms with Gasteiger partial charge in [0.1, 0.15) is 11.5 Å². The predicted molar refractivity (Wildman–Crippen MR) is 123 cm³/mol. The molecule has 1 N–H and O–H groups in total. The number of benzene rings is 3. The van der Waals surface area contributed by atoms with E-state index in [2.05, 4.69) is 26.5 Å². The first-order valence-corrected chi connectivity index (χ1v) is 10.3. The zero-order valence-corrected chi connectivity index (χ0v) is 18.7. The number of nitrogens with zero attached hydrogens (tertiary/aromatic N) is 1. The van der Waals surface area contributed by atoms with E-state index in [0.29, 0.717) is 22.6 Å². The largest absolute Gasteiger partial charge is 0.484 e. The van der Waals surface area contributed by atoms with Crippen molar-refractivity contribution in [2.24, 2.45) is 5.10 Å². The first-order chi connectivity index (χ1) is 14.9. The van der Waals surface area contributed by atoms with Gasteiger partial charge in [-0.05, 0) is 56.3 Å². The van der Waals surface area contributed by atoms with E-state index < -0.39 is 11.9 Å². The molecule has 0 aliphatic carbocycles. The molecule has 0 bridgehead atoms. The highest BCUT2D eigenvalue weighted by atomic mass is 79.9. The average Bonchev–Trinajstić information content (AvgIpc) is 2.75. The minimum absolute atomic E-state index is 0.172. The third-order valence-electron chi connectivity index (χ3n) is 4.25. The van der Waals surface area contributed by atoms with Crippen LogP contribution in [0.3, 0.4) is 0 Å². The Labute approximate surface area is 189 Å². The molecular formula is C24H21BrN2O4. The van der Waals surface area contributed by atoms with Crippen molar-refractivity contribution in [3.63, 3.8) is 0 Å². The van der Waals surface area contributed by atoms with Crippen molar-refractivity contribution < 1.29 is 19.1 Å². The Morgan fingerprint density at radius 2 is 1.61 bits per heavy atom. The molecule has 158 valence electrons. The average molecular weight is 481 g/mol. The van der Waals surface area contributed by atoms with E-state index >= 15 is 0 Å². The second-order valence-electron chi connectivity index (χ2n) is 6.83. The highest BCUT2D eigenvalue weighted by Gasteiger charge is 2.11. The lowest BCUT2D eigenvalue weighted by molar-refractivity contribution is -0.123. The van der Waals surface area contributed by atoms with Gasteiger partial charge in [0.25, 0.3) is 5.91 Å². The van der Waals surface area contributed by atoms with Crippen molar-refractivity contribution in [1.29, 1.82) is 0 Å². The smallest absolute Gasteiger partial charge is 0.343 e. The fourth-order valence-corrected chi connectivity index (χ4v) is 2.93. The molecule has 0 aliphatic heterocycles. The van der Waals surface area contributed by atoms with E-state index in [1.165, 1.54) is 6.21 Å². The quantitative estimate of drug-likeness (QED) is 0.227. The molecule has 0 aliphatic rings. The van der Waals surface area contributed by atoms with Crippen molar-refractivity contribution in [3.05, 3.63) is 93.5 Å². The van der Waals surface area contributed by atoms with Gasteiger partial charge in [-0.3, -0.25) is 4.79 Å². The zero-order chi connectivity index (χ0) is 22.2. The molecule has 3 aromatic rings. The molecular weight excluding hydrogens is 460 g/mol. The van der Waals surface area contributed by atoms with Gasteiger partial charge >= 0.3 is 5.97 Å². The molecule has 3 aromatic carbocycles. The Morgan fingerprint density at radius 1 is 0.968 bits per heavy atom. The number of carbonyl (C=O) groups is 2. The summed E-state index contributed by atoms with van der Waals surface area (Å²) in [4.78, 5) is 24.4. The summed E-state index contributed by atoms with van der Waals surface area (Å²) in [5, 5.41) is 3.94. The molecule has 3 rings (SSSR count). The van der Waals surface area contributed by atoms with Crippen LogP contribution in [0.25, 0.3) is 0 Å². The number of nitrogens with one attached hydrogen (secondary N) is 1. The van der Waals surface area contributed by atoms with Crippen molar-refractivity contribution in [1.82, 2.24) is 5.43 Å². The monoisotopic (exact) mass is 480 g/mol. The lowest BCUT2D eigenvalue weighted by Crippen LogP contribution is -2.24. The van der Waals surface area contributed by atoms with Crippen LogP contribution in [0, 0.1) is 13.8 Å². The number of esters is 1. The van der Waals surface area contributed by atoms with Crippen LogP contribution in [0.2, 0.25) is 0 Å². The molecule has 7 heteroatoms. The fraction of sp³-hybridized carbons (Fsp3) is 0.125. The van der Waals surface area contributed by atoms with E-state index in [9.17, 15) is 9.59 Å². The van der Waals surface area contributed by atoms with Gasteiger partial charge in [0, 0.05) is 10.0 Å². The standard InChI is InChI=1S/C24H21BrN2O4/c1-16-3-7-18(8-4-16)24(29)31-22-12-9-20(25)13-19(22)14-26-27-23(28)15-30-21-10-5-17(2)6-11-21/h3-14H,15H2,1-2H3,(H,27,28)/b26-14-. The molecule has 31 heavy (non-hydrogen) atoms. The number of amides is 1. The SMILES string of the molecule is Cc1ccc(OCC(=O)N/N=C\c2cc(Br)ccc2OC(=O)c2ccc(C)cc2)cc1. The molecule has 0 radical (unpaired) electrons. The van der Waals surface area contributed by atoms with Crippen LogP contribution in [-0.2, 0) is 4.79 Å². The van der Waals surface area contributed by atoms with Crippen molar-refractivity contribution in [2.45, 2.75) is 13.8 Å². The maximum absolute atomic E-state index is 12.4. The summed E-state index contributed by atoms with van der Waals surface area (Å²) in [7, 11) is 0. The number of aryl methyl sites for hydroxylation is 2. The Morgan fingerprint density at radius 3 is 2.29 bits per heavy atom. The minimum Gasteiger partial charge on any atom is -0.484 e. The molecule has 0 aromatic heterocycles.